The van der Waals surface area contributed by atoms with Gasteiger partial charge in [-0.25, -0.2) is 4.98 Å². The molecule has 1 aliphatic heterocycles. The summed E-state index contributed by atoms with van der Waals surface area (Å²) in [4.78, 5) is 23.6. The molecule has 0 saturated carbocycles. The zero-order chi connectivity index (χ0) is 22.2. The van der Waals surface area contributed by atoms with Gasteiger partial charge >= 0.3 is 0 Å². The van der Waals surface area contributed by atoms with E-state index < -0.39 is 0 Å². The highest BCUT2D eigenvalue weighted by molar-refractivity contribution is 7.22. The van der Waals surface area contributed by atoms with Crippen molar-refractivity contribution in [2.24, 2.45) is 0 Å². The highest BCUT2D eigenvalue weighted by atomic mass is 35.5. The number of piperidine rings is 1. The minimum absolute atomic E-state index is 0.0194. The largest absolute Gasteiger partial charge is 0.357 e. The van der Waals surface area contributed by atoms with E-state index in [-0.39, 0.29) is 5.56 Å². The van der Waals surface area contributed by atoms with Crippen molar-refractivity contribution in [2.45, 2.75) is 18.9 Å². The fraction of sp³-hybridized carbons (Fsp3) is 0.280. The average molecular weight is 465 g/mol. The van der Waals surface area contributed by atoms with Crippen molar-refractivity contribution in [3.8, 4) is 16.1 Å². The van der Waals surface area contributed by atoms with Crippen molar-refractivity contribution < 1.29 is 0 Å². The third-order valence-electron chi connectivity index (χ3n) is 6.23. The molecule has 3 aromatic heterocycles. The Morgan fingerprint density at radius 1 is 1.06 bits per heavy atom. The predicted molar refractivity (Wildman–Crippen MR) is 135 cm³/mol. The number of hydrogen-bond donors (Lipinski definition) is 0. The molecule has 1 saturated heterocycles. The molecule has 4 aromatic rings. The van der Waals surface area contributed by atoms with Crippen LogP contribution in [0.25, 0.3) is 26.2 Å². The molecular weight excluding hydrogens is 440 g/mol. The first-order valence-corrected chi connectivity index (χ1v) is 12.0. The van der Waals surface area contributed by atoms with E-state index in [2.05, 4.69) is 34.9 Å². The van der Waals surface area contributed by atoms with E-state index in [0.717, 1.165) is 58.0 Å². The number of anilines is 1. The van der Waals surface area contributed by atoms with Crippen LogP contribution in [0.1, 0.15) is 12.8 Å². The number of halogens is 1. The van der Waals surface area contributed by atoms with Gasteiger partial charge in [0.05, 0.1) is 11.9 Å². The fourth-order valence-electron chi connectivity index (χ4n) is 4.31. The maximum atomic E-state index is 13.2. The quantitative estimate of drug-likeness (QED) is 0.411. The zero-order valence-corrected chi connectivity index (χ0v) is 19.7. The molecule has 0 spiro atoms. The Hall–Kier alpha value is -2.67. The van der Waals surface area contributed by atoms with Crippen LogP contribution in [0, 0.1) is 0 Å². The topological polar surface area (TPSA) is 41.4 Å². The summed E-state index contributed by atoms with van der Waals surface area (Å²) in [7, 11) is 4.29. The minimum atomic E-state index is -0.0194. The van der Waals surface area contributed by atoms with Crippen LogP contribution in [0.3, 0.4) is 0 Å². The molecule has 164 valence electrons. The van der Waals surface area contributed by atoms with Crippen molar-refractivity contribution in [1.29, 1.82) is 0 Å². The van der Waals surface area contributed by atoms with Gasteiger partial charge in [0.15, 0.2) is 0 Å². The SMILES string of the molecule is CN(C)C1CCN(c2ccc(-n3ccc4cc(-c5ccc(Cl)cc5)sc4c3=O)cn2)CC1. The molecule has 7 heteroatoms. The smallest absolute Gasteiger partial charge is 0.273 e. The summed E-state index contributed by atoms with van der Waals surface area (Å²) in [6.45, 7) is 2.01. The average Bonchev–Trinajstić information content (AvgIpc) is 3.25. The highest BCUT2D eigenvalue weighted by Crippen LogP contribution is 2.32. The van der Waals surface area contributed by atoms with Crippen LogP contribution in [0.2, 0.25) is 5.02 Å². The molecule has 0 atom stereocenters. The van der Waals surface area contributed by atoms with E-state index in [1.54, 1.807) is 10.8 Å². The number of hydrogen-bond acceptors (Lipinski definition) is 5. The summed E-state index contributed by atoms with van der Waals surface area (Å²) in [6, 6.07) is 16.4. The monoisotopic (exact) mass is 464 g/mol. The molecule has 5 nitrogen and oxygen atoms in total. The van der Waals surface area contributed by atoms with Crippen molar-refractivity contribution in [3.63, 3.8) is 0 Å². The van der Waals surface area contributed by atoms with E-state index >= 15 is 0 Å². The fourth-order valence-corrected chi connectivity index (χ4v) is 5.52. The molecule has 1 fully saturated rings. The van der Waals surface area contributed by atoms with Crippen LogP contribution in [-0.4, -0.2) is 47.7 Å². The molecule has 0 bridgehead atoms. The lowest BCUT2D eigenvalue weighted by Crippen LogP contribution is -2.42. The lowest BCUT2D eigenvalue weighted by molar-refractivity contribution is 0.249. The van der Waals surface area contributed by atoms with Gasteiger partial charge in [-0.05, 0) is 68.9 Å². The lowest BCUT2D eigenvalue weighted by atomic mass is 10.0. The molecule has 1 aliphatic rings. The number of nitrogens with zero attached hydrogens (tertiary/aromatic N) is 4. The van der Waals surface area contributed by atoms with E-state index in [0.29, 0.717) is 11.1 Å². The highest BCUT2D eigenvalue weighted by Gasteiger charge is 2.21. The Morgan fingerprint density at radius 2 is 1.81 bits per heavy atom. The summed E-state index contributed by atoms with van der Waals surface area (Å²) in [5.41, 5.74) is 1.82. The number of benzene rings is 1. The molecular formula is C25H25ClN4OS. The van der Waals surface area contributed by atoms with E-state index in [1.807, 2.05) is 48.7 Å². The van der Waals surface area contributed by atoms with Gasteiger partial charge in [-0.15, -0.1) is 11.3 Å². The Labute approximate surface area is 196 Å². The predicted octanol–water partition coefficient (Wildman–Crippen LogP) is 5.30. The van der Waals surface area contributed by atoms with Crippen molar-refractivity contribution in [2.75, 3.05) is 32.1 Å². The van der Waals surface area contributed by atoms with Crippen molar-refractivity contribution in [1.82, 2.24) is 14.5 Å². The van der Waals surface area contributed by atoms with Gasteiger partial charge in [0.2, 0.25) is 0 Å². The van der Waals surface area contributed by atoms with Gasteiger partial charge in [0.25, 0.3) is 5.56 Å². The lowest BCUT2D eigenvalue weighted by Gasteiger charge is -2.35. The first-order chi connectivity index (χ1) is 15.5. The summed E-state index contributed by atoms with van der Waals surface area (Å²) >= 11 is 7.52. The second-order valence-corrected chi connectivity index (χ2v) is 9.94. The van der Waals surface area contributed by atoms with Crippen LogP contribution < -0.4 is 10.5 Å². The van der Waals surface area contributed by atoms with E-state index in [4.69, 9.17) is 11.6 Å². The molecule has 0 unspecified atom stereocenters. The molecule has 0 aliphatic carbocycles. The molecule has 1 aromatic carbocycles. The maximum absolute atomic E-state index is 13.2. The Balaban J connectivity index is 1.40. The van der Waals surface area contributed by atoms with Crippen LogP contribution in [-0.2, 0) is 0 Å². The number of rotatable bonds is 4. The Bertz CT molecular complexity index is 1290. The summed E-state index contributed by atoms with van der Waals surface area (Å²) in [5, 5.41) is 1.66. The summed E-state index contributed by atoms with van der Waals surface area (Å²) < 4.78 is 2.42. The van der Waals surface area contributed by atoms with Gasteiger partial charge in [-0.1, -0.05) is 23.7 Å². The normalized spacial score (nSPS) is 15.1. The van der Waals surface area contributed by atoms with Gasteiger partial charge in [0.1, 0.15) is 10.5 Å². The second kappa shape index (κ2) is 8.70. The standard InChI is InChI=1S/C25H25ClN4OS/c1-28(2)20-10-12-29(13-11-20)23-8-7-21(16-27-23)30-14-9-18-15-22(32-24(18)25(30)31)17-3-5-19(26)6-4-17/h3-9,14-16,20H,10-13H2,1-2H3. The van der Waals surface area contributed by atoms with Crippen molar-refractivity contribution >= 4 is 38.8 Å². The maximum Gasteiger partial charge on any atom is 0.273 e. The van der Waals surface area contributed by atoms with Crippen LogP contribution in [0.15, 0.2) is 65.7 Å². The van der Waals surface area contributed by atoms with Gasteiger partial charge in [0, 0.05) is 40.6 Å². The van der Waals surface area contributed by atoms with Gasteiger partial charge in [-0.2, -0.15) is 0 Å². The summed E-state index contributed by atoms with van der Waals surface area (Å²) in [6.07, 6.45) is 5.92. The molecule has 0 N–H and O–H groups in total. The van der Waals surface area contributed by atoms with Gasteiger partial charge < -0.3 is 9.80 Å². The minimum Gasteiger partial charge on any atom is -0.357 e. The first kappa shape index (κ1) is 21.2. The molecule has 4 heterocycles. The van der Waals surface area contributed by atoms with Gasteiger partial charge in [-0.3, -0.25) is 9.36 Å². The van der Waals surface area contributed by atoms with Crippen molar-refractivity contribution in [3.05, 3.63) is 76.3 Å². The number of pyridine rings is 2. The van der Waals surface area contributed by atoms with Crippen LogP contribution in [0.5, 0.6) is 0 Å². The van der Waals surface area contributed by atoms with Crippen LogP contribution in [0.4, 0.5) is 5.82 Å². The van der Waals surface area contributed by atoms with E-state index in [9.17, 15) is 4.79 Å². The summed E-state index contributed by atoms with van der Waals surface area (Å²) in [5.74, 6) is 0.973. The van der Waals surface area contributed by atoms with Crippen LogP contribution >= 0.6 is 22.9 Å². The molecule has 0 amide bonds. The Kier molecular flexibility index (Phi) is 5.76. The second-order valence-electron chi connectivity index (χ2n) is 8.45. The molecule has 0 radical (unpaired) electrons. The number of fused-ring (bicyclic) bond motifs is 1. The third-order valence-corrected chi connectivity index (χ3v) is 7.67. The molecule has 32 heavy (non-hydrogen) atoms. The van der Waals surface area contributed by atoms with E-state index in [1.165, 1.54) is 11.3 Å². The molecule has 5 rings (SSSR count). The first-order valence-electron chi connectivity index (χ1n) is 10.8. The zero-order valence-electron chi connectivity index (χ0n) is 18.2. The Morgan fingerprint density at radius 3 is 2.47 bits per heavy atom. The number of aromatic nitrogens is 2. The number of thiophene rings is 1. The third kappa shape index (κ3) is 4.06.